The maximum atomic E-state index is 13.5. The average molecular weight is 477 g/mol. The molecule has 4 rings (SSSR count). The van der Waals surface area contributed by atoms with Crippen molar-refractivity contribution in [2.24, 2.45) is 0 Å². The zero-order chi connectivity index (χ0) is 22.9. The highest BCUT2D eigenvalue weighted by Gasteiger charge is 2.30. The Bertz CT molecular complexity index is 1230. The molecule has 1 aliphatic heterocycles. The van der Waals surface area contributed by atoms with Crippen molar-refractivity contribution >= 4 is 38.7 Å². The molecule has 0 radical (unpaired) electrons. The minimum absolute atomic E-state index is 0.0554. The predicted octanol–water partition coefficient (Wildman–Crippen LogP) is 3.38. The van der Waals surface area contributed by atoms with Crippen LogP contribution < -0.4 is 0 Å². The molecule has 7 nitrogen and oxygen atoms in total. The molecule has 170 valence electrons. The topological polar surface area (TPSA) is 75.5 Å². The van der Waals surface area contributed by atoms with Gasteiger partial charge >= 0.3 is 0 Å². The first-order valence-electron chi connectivity index (χ1n) is 10.4. The summed E-state index contributed by atoms with van der Waals surface area (Å²) in [6.45, 7) is 5.12. The van der Waals surface area contributed by atoms with E-state index in [0.717, 1.165) is 22.3 Å². The highest BCUT2D eigenvalue weighted by molar-refractivity contribution is 7.99. The Morgan fingerprint density at radius 2 is 1.81 bits per heavy atom. The number of fused-ring (bicyclic) bond motifs is 1. The summed E-state index contributed by atoms with van der Waals surface area (Å²) in [5, 5.41) is 0.793. The van der Waals surface area contributed by atoms with Crippen LogP contribution in [-0.4, -0.2) is 65.0 Å². The first-order valence-corrected chi connectivity index (χ1v) is 12.8. The molecule has 0 saturated carbocycles. The molecule has 1 saturated heterocycles. The number of benzene rings is 2. The number of rotatable bonds is 6. The minimum atomic E-state index is -3.78. The number of piperazine rings is 1. The molecule has 32 heavy (non-hydrogen) atoms. The summed E-state index contributed by atoms with van der Waals surface area (Å²) in [4.78, 5) is 19.1. The number of thioether (sulfide) groups is 1. The zero-order valence-electron chi connectivity index (χ0n) is 17.9. The van der Waals surface area contributed by atoms with E-state index in [-0.39, 0.29) is 35.7 Å². The van der Waals surface area contributed by atoms with Gasteiger partial charge in [-0.3, -0.25) is 4.79 Å². The summed E-state index contributed by atoms with van der Waals surface area (Å²) in [5.74, 6) is -0.420. The average Bonchev–Trinajstić information content (AvgIpc) is 3.16. The second kappa shape index (κ2) is 9.21. The molecule has 0 aliphatic carbocycles. The summed E-state index contributed by atoms with van der Waals surface area (Å²) in [6, 6.07) is 13.1. The van der Waals surface area contributed by atoms with Crippen molar-refractivity contribution < 1.29 is 17.6 Å². The van der Waals surface area contributed by atoms with Crippen LogP contribution in [0.1, 0.15) is 19.9 Å². The third-order valence-electron chi connectivity index (χ3n) is 5.43. The van der Waals surface area contributed by atoms with E-state index in [0.29, 0.717) is 13.1 Å². The number of amides is 1. The van der Waals surface area contributed by atoms with E-state index in [1.807, 2.05) is 24.3 Å². The summed E-state index contributed by atoms with van der Waals surface area (Å²) in [6.07, 6.45) is 0. The van der Waals surface area contributed by atoms with Crippen LogP contribution in [0.5, 0.6) is 0 Å². The lowest BCUT2D eigenvalue weighted by molar-refractivity contribution is -0.129. The molecule has 2 heterocycles. The number of sulfonamides is 1. The van der Waals surface area contributed by atoms with Crippen molar-refractivity contribution in [3.05, 3.63) is 54.3 Å². The summed E-state index contributed by atoms with van der Waals surface area (Å²) in [5.41, 5.74) is 1.93. The van der Waals surface area contributed by atoms with Crippen molar-refractivity contribution in [1.82, 2.24) is 18.8 Å². The van der Waals surface area contributed by atoms with E-state index in [2.05, 4.69) is 23.4 Å². The monoisotopic (exact) mass is 476 g/mol. The second-order valence-corrected chi connectivity index (χ2v) is 10.8. The van der Waals surface area contributed by atoms with Gasteiger partial charge in [-0.2, -0.15) is 4.31 Å². The second-order valence-electron chi connectivity index (χ2n) is 7.88. The lowest BCUT2D eigenvalue weighted by atomic mass is 10.3. The van der Waals surface area contributed by atoms with Crippen LogP contribution in [0.3, 0.4) is 0 Å². The number of hydrogen-bond donors (Lipinski definition) is 0. The van der Waals surface area contributed by atoms with Crippen LogP contribution in [0.25, 0.3) is 11.0 Å². The molecule has 0 spiro atoms. The lowest BCUT2D eigenvalue weighted by Crippen LogP contribution is -2.51. The number of imidazole rings is 1. The van der Waals surface area contributed by atoms with E-state index in [1.165, 1.54) is 34.3 Å². The van der Waals surface area contributed by atoms with Crippen LogP contribution >= 0.6 is 11.8 Å². The van der Waals surface area contributed by atoms with Gasteiger partial charge in [0.2, 0.25) is 15.9 Å². The number of hydrogen-bond acceptors (Lipinski definition) is 5. The molecule has 1 amide bonds. The molecule has 3 aromatic rings. The molecule has 0 bridgehead atoms. The molecule has 1 fully saturated rings. The first-order chi connectivity index (χ1) is 15.3. The fourth-order valence-corrected chi connectivity index (χ4v) is 6.30. The maximum Gasteiger partial charge on any atom is 0.243 e. The zero-order valence-corrected chi connectivity index (χ0v) is 19.6. The van der Waals surface area contributed by atoms with Crippen LogP contribution in [0, 0.1) is 5.82 Å². The molecule has 10 heteroatoms. The number of carbonyl (C=O) groups excluding carboxylic acids is 1. The molecule has 0 unspecified atom stereocenters. The van der Waals surface area contributed by atoms with E-state index in [9.17, 15) is 17.6 Å². The van der Waals surface area contributed by atoms with Gasteiger partial charge < -0.3 is 9.47 Å². The van der Waals surface area contributed by atoms with E-state index in [1.54, 1.807) is 4.90 Å². The molecule has 0 N–H and O–H groups in total. The quantitative estimate of drug-likeness (QED) is 0.510. The number of para-hydroxylation sites is 2. The van der Waals surface area contributed by atoms with Crippen molar-refractivity contribution in [3.63, 3.8) is 0 Å². The van der Waals surface area contributed by atoms with E-state index < -0.39 is 15.8 Å². The van der Waals surface area contributed by atoms with Gasteiger partial charge in [-0.05, 0) is 44.2 Å². The number of nitrogens with zero attached hydrogens (tertiary/aromatic N) is 4. The highest BCUT2D eigenvalue weighted by atomic mass is 32.2. The Hall–Kier alpha value is -2.43. The Balaban J connectivity index is 1.38. The largest absolute Gasteiger partial charge is 0.339 e. The fourth-order valence-electron chi connectivity index (χ4n) is 3.80. The van der Waals surface area contributed by atoms with Crippen molar-refractivity contribution in [2.45, 2.75) is 29.9 Å². The first kappa shape index (κ1) is 22.8. The molecular weight excluding hydrogens is 451 g/mol. The molecular formula is C22H25FN4O3S2. The minimum Gasteiger partial charge on any atom is -0.339 e. The third kappa shape index (κ3) is 4.53. The van der Waals surface area contributed by atoms with Gasteiger partial charge in [-0.1, -0.05) is 30.0 Å². The Kier molecular flexibility index (Phi) is 6.55. The summed E-state index contributed by atoms with van der Waals surface area (Å²) >= 11 is 1.39. The normalized spacial score (nSPS) is 15.6. The number of aromatic nitrogens is 2. The fraction of sp³-hybridized carbons (Fsp3) is 0.364. The Morgan fingerprint density at radius 1 is 1.09 bits per heavy atom. The van der Waals surface area contributed by atoms with Gasteiger partial charge in [0.05, 0.1) is 21.7 Å². The van der Waals surface area contributed by atoms with Gasteiger partial charge in [0.1, 0.15) is 5.82 Å². The van der Waals surface area contributed by atoms with Gasteiger partial charge in [0, 0.05) is 32.2 Å². The van der Waals surface area contributed by atoms with Gasteiger partial charge in [0.25, 0.3) is 0 Å². The van der Waals surface area contributed by atoms with Crippen LogP contribution in [0.2, 0.25) is 0 Å². The van der Waals surface area contributed by atoms with Crippen LogP contribution in [0.15, 0.2) is 58.6 Å². The smallest absolute Gasteiger partial charge is 0.243 e. The third-order valence-corrected chi connectivity index (χ3v) is 8.26. The number of carbonyl (C=O) groups is 1. The highest BCUT2D eigenvalue weighted by Crippen LogP contribution is 2.28. The van der Waals surface area contributed by atoms with E-state index >= 15 is 0 Å². The van der Waals surface area contributed by atoms with Crippen molar-refractivity contribution in [1.29, 1.82) is 0 Å². The predicted molar refractivity (Wildman–Crippen MR) is 123 cm³/mol. The van der Waals surface area contributed by atoms with Crippen LogP contribution in [-0.2, 0) is 14.8 Å². The van der Waals surface area contributed by atoms with Crippen molar-refractivity contribution in [3.8, 4) is 0 Å². The molecule has 0 atom stereocenters. The molecule has 1 aromatic heterocycles. The van der Waals surface area contributed by atoms with Gasteiger partial charge in [0.15, 0.2) is 5.16 Å². The van der Waals surface area contributed by atoms with E-state index in [4.69, 9.17) is 0 Å². The van der Waals surface area contributed by atoms with Gasteiger partial charge in [-0.25, -0.2) is 17.8 Å². The lowest BCUT2D eigenvalue weighted by Gasteiger charge is -2.34. The van der Waals surface area contributed by atoms with Gasteiger partial charge in [-0.15, -0.1) is 0 Å². The maximum absolute atomic E-state index is 13.5. The van der Waals surface area contributed by atoms with Crippen molar-refractivity contribution in [2.75, 3.05) is 31.9 Å². The Labute approximate surface area is 191 Å². The SMILES string of the molecule is CC(C)n1c(SCC(=O)N2CCN(S(=O)(=O)c3cccc(F)c3)CC2)nc2ccccc21. The van der Waals surface area contributed by atoms with Crippen LogP contribution in [0.4, 0.5) is 4.39 Å². The summed E-state index contributed by atoms with van der Waals surface area (Å²) < 4.78 is 42.4. The standard InChI is InChI=1S/C22H25FN4O3S2/c1-16(2)27-20-9-4-3-8-19(20)24-22(27)31-15-21(28)25-10-12-26(13-11-25)32(29,30)18-7-5-6-17(23)14-18/h3-9,14,16H,10-13,15H2,1-2H3. The Morgan fingerprint density at radius 3 is 2.50 bits per heavy atom. The summed E-state index contributed by atoms with van der Waals surface area (Å²) in [7, 11) is -3.78. The molecule has 2 aromatic carbocycles. The molecule has 1 aliphatic rings. The number of halogens is 1.